The van der Waals surface area contributed by atoms with E-state index in [-0.39, 0.29) is 6.10 Å². The number of nitrogens with zero attached hydrogens (tertiary/aromatic N) is 1. The summed E-state index contributed by atoms with van der Waals surface area (Å²) in [5, 5.41) is 12.7. The van der Waals surface area contributed by atoms with Crippen molar-refractivity contribution in [3.8, 4) is 0 Å². The number of rotatable bonds is 6. The monoisotopic (exact) mass is 215 g/mol. The van der Waals surface area contributed by atoms with Crippen LogP contribution >= 0.6 is 11.3 Å². The van der Waals surface area contributed by atoms with E-state index in [2.05, 4.69) is 4.98 Å². The Morgan fingerprint density at radius 1 is 1.64 bits per heavy atom. The number of aryl methyl sites for hydroxylation is 1. The van der Waals surface area contributed by atoms with E-state index in [0.29, 0.717) is 26.1 Å². The average Bonchev–Trinajstić information content (AvgIpc) is 2.52. The molecule has 1 atom stereocenters. The van der Waals surface area contributed by atoms with Gasteiger partial charge in [0.15, 0.2) is 0 Å². The van der Waals surface area contributed by atoms with Gasteiger partial charge in [-0.25, -0.2) is 4.98 Å². The largest absolute Gasteiger partial charge is 0.393 e. The van der Waals surface area contributed by atoms with Gasteiger partial charge in [-0.05, 0) is 20.3 Å². The number of hydrogen-bond donors (Lipinski definition) is 1. The Labute approximate surface area is 88.8 Å². The molecule has 0 radical (unpaired) electrons. The summed E-state index contributed by atoms with van der Waals surface area (Å²) in [6.07, 6.45) is 0.991. The molecule has 0 aliphatic heterocycles. The van der Waals surface area contributed by atoms with Crippen molar-refractivity contribution in [2.24, 2.45) is 0 Å². The smallest absolute Gasteiger partial charge is 0.0897 e. The number of ether oxygens (including phenoxy) is 1. The molecule has 1 aromatic heterocycles. The lowest BCUT2D eigenvalue weighted by molar-refractivity contribution is 0.0883. The van der Waals surface area contributed by atoms with Crippen molar-refractivity contribution in [2.75, 3.05) is 13.2 Å². The molecule has 0 aromatic carbocycles. The Bertz CT molecular complexity index is 262. The second kappa shape index (κ2) is 6.11. The normalized spacial score (nSPS) is 13.1. The van der Waals surface area contributed by atoms with Gasteiger partial charge in [0.2, 0.25) is 0 Å². The highest BCUT2D eigenvalue weighted by Crippen LogP contribution is 2.11. The quantitative estimate of drug-likeness (QED) is 0.736. The van der Waals surface area contributed by atoms with Crippen LogP contribution in [-0.2, 0) is 11.2 Å². The fourth-order valence-corrected chi connectivity index (χ4v) is 1.83. The summed E-state index contributed by atoms with van der Waals surface area (Å²) in [7, 11) is 0. The molecule has 1 N–H and O–H groups in total. The van der Waals surface area contributed by atoms with Gasteiger partial charge >= 0.3 is 0 Å². The Morgan fingerprint density at radius 2 is 2.43 bits per heavy atom. The molecule has 4 heteroatoms. The van der Waals surface area contributed by atoms with E-state index in [1.165, 1.54) is 0 Å². The molecule has 3 nitrogen and oxygen atoms in total. The summed E-state index contributed by atoms with van der Waals surface area (Å²) in [4.78, 5) is 4.30. The van der Waals surface area contributed by atoms with Crippen LogP contribution in [0.1, 0.15) is 24.0 Å². The Balaban J connectivity index is 2.23. The van der Waals surface area contributed by atoms with Crippen molar-refractivity contribution in [3.05, 3.63) is 16.1 Å². The van der Waals surface area contributed by atoms with Gasteiger partial charge in [-0.1, -0.05) is 0 Å². The zero-order valence-corrected chi connectivity index (χ0v) is 9.51. The maximum atomic E-state index is 9.62. The van der Waals surface area contributed by atoms with E-state index >= 15 is 0 Å². The van der Waals surface area contributed by atoms with Crippen LogP contribution in [0.3, 0.4) is 0 Å². The van der Waals surface area contributed by atoms with E-state index < -0.39 is 0 Å². The first-order valence-corrected chi connectivity index (χ1v) is 5.77. The zero-order chi connectivity index (χ0) is 10.4. The lowest BCUT2D eigenvalue weighted by Crippen LogP contribution is -2.13. The molecule has 1 unspecified atom stereocenters. The summed E-state index contributed by atoms with van der Waals surface area (Å²) >= 11 is 1.62. The second-order valence-corrected chi connectivity index (χ2v) is 4.26. The molecule has 0 amide bonds. The minimum Gasteiger partial charge on any atom is -0.393 e. The molecule has 0 fully saturated rings. The first-order valence-electron chi connectivity index (χ1n) is 4.89. The number of hydrogen-bond acceptors (Lipinski definition) is 4. The Hall–Kier alpha value is -0.450. The van der Waals surface area contributed by atoms with Crippen molar-refractivity contribution in [1.82, 2.24) is 4.98 Å². The van der Waals surface area contributed by atoms with Crippen LogP contribution in [0.4, 0.5) is 0 Å². The minimum atomic E-state index is -0.331. The minimum absolute atomic E-state index is 0.331. The second-order valence-electron chi connectivity index (χ2n) is 3.20. The molecule has 1 aromatic rings. The first-order chi connectivity index (χ1) is 6.72. The molecule has 1 rings (SSSR count). The number of thiazole rings is 1. The standard InChI is InChI=1S/C10H17NO2S/c1-3-13-5-4-10(12)6-9-7-14-8(2)11-9/h7,10,12H,3-6H2,1-2H3. The predicted octanol–water partition coefficient (Wildman–Crippen LogP) is 1.78. The molecule has 0 saturated heterocycles. The van der Waals surface area contributed by atoms with Crippen molar-refractivity contribution in [1.29, 1.82) is 0 Å². The summed E-state index contributed by atoms with van der Waals surface area (Å²) < 4.78 is 5.17. The molecule has 14 heavy (non-hydrogen) atoms. The first kappa shape index (κ1) is 11.6. The van der Waals surface area contributed by atoms with Crippen molar-refractivity contribution in [2.45, 2.75) is 32.8 Å². The maximum Gasteiger partial charge on any atom is 0.0897 e. The molecular formula is C10H17NO2S. The van der Waals surface area contributed by atoms with Crippen LogP contribution in [0.5, 0.6) is 0 Å². The summed E-state index contributed by atoms with van der Waals surface area (Å²) in [6, 6.07) is 0. The van der Waals surface area contributed by atoms with E-state index in [9.17, 15) is 5.11 Å². The summed E-state index contributed by atoms with van der Waals surface area (Å²) in [5.41, 5.74) is 0.983. The molecule has 0 saturated carbocycles. The van der Waals surface area contributed by atoms with Crippen LogP contribution in [0, 0.1) is 6.92 Å². The van der Waals surface area contributed by atoms with Gasteiger partial charge in [-0.2, -0.15) is 0 Å². The van der Waals surface area contributed by atoms with Gasteiger partial charge in [0, 0.05) is 25.0 Å². The zero-order valence-electron chi connectivity index (χ0n) is 8.69. The Morgan fingerprint density at radius 3 is 3.00 bits per heavy atom. The van der Waals surface area contributed by atoms with Gasteiger partial charge in [-0.3, -0.25) is 0 Å². The molecule has 1 heterocycles. The van der Waals surface area contributed by atoms with E-state index in [1.54, 1.807) is 11.3 Å². The van der Waals surface area contributed by atoms with Gasteiger partial charge in [-0.15, -0.1) is 11.3 Å². The van der Waals surface area contributed by atoms with E-state index in [0.717, 1.165) is 10.7 Å². The van der Waals surface area contributed by atoms with E-state index in [4.69, 9.17) is 4.74 Å². The van der Waals surface area contributed by atoms with Gasteiger partial charge in [0.05, 0.1) is 16.8 Å². The number of aliphatic hydroxyl groups excluding tert-OH is 1. The third-order valence-corrected chi connectivity index (χ3v) is 2.73. The SMILES string of the molecule is CCOCCC(O)Cc1csc(C)n1. The van der Waals surface area contributed by atoms with E-state index in [1.807, 2.05) is 19.2 Å². The molecular weight excluding hydrogens is 198 g/mol. The van der Waals surface area contributed by atoms with Gasteiger partial charge in [0.25, 0.3) is 0 Å². The van der Waals surface area contributed by atoms with Crippen molar-refractivity contribution < 1.29 is 9.84 Å². The highest BCUT2D eigenvalue weighted by atomic mass is 32.1. The summed E-state index contributed by atoms with van der Waals surface area (Å²) in [5.74, 6) is 0. The van der Waals surface area contributed by atoms with Crippen LogP contribution < -0.4 is 0 Å². The third-order valence-electron chi connectivity index (χ3n) is 1.91. The average molecular weight is 215 g/mol. The topological polar surface area (TPSA) is 42.4 Å². The lowest BCUT2D eigenvalue weighted by atomic mass is 10.1. The molecule has 80 valence electrons. The number of aliphatic hydroxyl groups is 1. The molecule has 0 aliphatic rings. The van der Waals surface area contributed by atoms with Crippen LogP contribution in [0.15, 0.2) is 5.38 Å². The van der Waals surface area contributed by atoms with Crippen molar-refractivity contribution >= 4 is 11.3 Å². The van der Waals surface area contributed by atoms with Crippen molar-refractivity contribution in [3.63, 3.8) is 0 Å². The van der Waals surface area contributed by atoms with Crippen LogP contribution in [0.2, 0.25) is 0 Å². The fourth-order valence-electron chi connectivity index (χ4n) is 1.21. The predicted molar refractivity (Wildman–Crippen MR) is 57.7 cm³/mol. The molecule has 0 spiro atoms. The highest BCUT2D eigenvalue weighted by Gasteiger charge is 2.07. The lowest BCUT2D eigenvalue weighted by Gasteiger charge is -2.08. The van der Waals surface area contributed by atoms with Crippen LogP contribution in [-0.4, -0.2) is 29.4 Å². The molecule has 0 bridgehead atoms. The maximum absolute atomic E-state index is 9.62. The Kier molecular flexibility index (Phi) is 5.07. The van der Waals surface area contributed by atoms with Gasteiger partial charge < -0.3 is 9.84 Å². The highest BCUT2D eigenvalue weighted by molar-refractivity contribution is 7.09. The summed E-state index contributed by atoms with van der Waals surface area (Å²) in [6.45, 7) is 5.26. The fraction of sp³-hybridized carbons (Fsp3) is 0.700. The number of aromatic nitrogens is 1. The van der Waals surface area contributed by atoms with Crippen LogP contribution in [0.25, 0.3) is 0 Å². The molecule has 0 aliphatic carbocycles. The van der Waals surface area contributed by atoms with Gasteiger partial charge in [0.1, 0.15) is 0 Å². The third kappa shape index (κ3) is 4.17.